The van der Waals surface area contributed by atoms with Crippen LogP contribution >= 0.6 is 0 Å². The van der Waals surface area contributed by atoms with Crippen molar-refractivity contribution in [3.8, 4) is 0 Å². The molecule has 1 unspecified atom stereocenters. The fourth-order valence-corrected chi connectivity index (χ4v) is 3.94. The molecule has 0 bridgehead atoms. The lowest BCUT2D eigenvalue weighted by atomic mass is 10.0. The lowest BCUT2D eigenvalue weighted by Crippen LogP contribution is -2.18. The number of carbonyl (C=O) groups is 2. The molecule has 0 fully saturated rings. The van der Waals surface area contributed by atoms with Gasteiger partial charge in [-0.2, -0.15) is 0 Å². The van der Waals surface area contributed by atoms with Gasteiger partial charge in [-0.15, -0.1) is 0 Å². The second-order valence-corrected chi connectivity index (χ2v) is 9.55. The summed E-state index contributed by atoms with van der Waals surface area (Å²) in [6.45, 7) is 4.34. The second kappa shape index (κ2) is 27.5. The van der Waals surface area contributed by atoms with Crippen LogP contribution in [0.25, 0.3) is 0 Å². The highest BCUT2D eigenvalue weighted by Gasteiger charge is 2.14. The van der Waals surface area contributed by atoms with Crippen molar-refractivity contribution in [3.05, 3.63) is 48.6 Å². The molecule has 0 aliphatic rings. The van der Waals surface area contributed by atoms with Gasteiger partial charge < -0.3 is 9.84 Å². The average Bonchev–Trinajstić information content (AvgIpc) is 2.85. The average molecular weight is 503 g/mol. The van der Waals surface area contributed by atoms with E-state index in [-0.39, 0.29) is 18.5 Å². The van der Waals surface area contributed by atoms with Crippen molar-refractivity contribution >= 4 is 11.9 Å². The lowest BCUT2D eigenvalue weighted by molar-refractivity contribution is -0.150. The zero-order chi connectivity index (χ0) is 26.5. The first-order valence-corrected chi connectivity index (χ1v) is 14.6. The summed E-state index contributed by atoms with van der Waals surface area (Å²) in [7, 11) is 0. The molecule has 0 saturated carbocycles. The van der Waals surface area contributed by atoms with Crippen molar-refractivity contribution in [2.75, 3.05) is 0 Å². The van der Waals surface area contributed by atoms with Crippen molar-refractivity contribution in [3.63, 3.8) is 0 Å². The number of rotatable bonds is 25. The summed E-state index contributed by atoms with van der Waals surface area (Å²) in [4.78, 5) is 22.9. The Labute approximate surface area is 222 Å². The molecule has 0 aliphatic carbocycles. The molecule has 36 heavy (non-hydrogen) atoms. The molecule has 0 radical (unpaired) electrons. The van der Waals surface area contributed by atoms with E-state index < -0.39 is 5.97 Å². The Morgan fingerprint density at radius 3 is 1.78 bits per heavy atom. The van der Waals surface area contributed by atoms with E-state index in [0.717, 1.165) is 96.3 Å². The molecule has 0 aromatic rings. The summed E-state index contributed by atoms with van der Waals surface area (Å²) in [6, 6.07) is 0. The highest BCUT2D eigenvalue weighted by atomic mass is 16.5. The van der Waals surface area contributed by atoms with Crippen LogP contribution in [-0.4, -0.2) is 23.1 Å². The SMILES string of the molecule is CC/C=C\C/C=C\C/C=C\C/C=C\CCCCC(=O)OC(CCCCC)CCCCCCCC(=O)O. The number of carboxylic acids is 1. The van der Waals surface area contributed by atoms with Crippen LogP contribution in [-0.2, 0) is 14.3 Å². The van der Waals surface area contributed by atoms with Crippen molar-refractivity contribution < 1.29 is 19.4 Å². The summed E-state index contributed by atoms with van der Waals surface area (Å²) >= 11 is 0. The Balaban J connectivity index is 3.92. The van der Waals surface area contributed by atoms with Crippen molar-refractivity contribution in [1.29, 1.82) is 0 Å². The van der Waals surface area contributed by atoms with E-state index >= 15 is 0 Å². The molecule has 1 N–H and O–H groups in total. The summed E-state index contributed by atoms with van der Waals surface area (Å²) in [6.07, 6.45) is 35.7. The maximum atomic E-state index is 12.3. The summed E-state index contributed by atoms with van der Waals surface area (Å²) in [5.74, 6) is -0.764. The molecule has 0 aliphatic heterocycles. The summed E-state index contributed by atoms with van der Waals surface area (Å²) in [5.41, 5.74) is 0. The fraction of sp³-hybridized carbons (Fsp3) is 0.688. The fourth-order valence-electron chi connectivity index (χ4n) is 3.94. The molecule has 0 spiro atoms. The van der Waals surface area contributed by atoms with E-state index in [2.05, 4.69) is 62.5 Å². The van der Waals surface area contributed by atoms with Gasteiger partial charge in [-0.25, -0.2) is 0 Å². The smallest absolute Gasteiger partial charge is 0.306 e. The number of unbranched alkanes of at least 4 members (excludes halogenated alkanes) is 8. The molecule has 206 valence electrons. The highest BCUT2D eigenvalue weighted by Crippen LogP contribution is 2.17. The number of aliphatic carboxylic acids is 1. The zero-order valence-corrected chi connectivity index (χ0v) is 23.3. The van der Waals surface area contributed by atoms with Gasteiger partial charge in [0, 0.05) is 12.8 Å². The van der Waals surface area contributed by atoms with Crippen LogP contribution in [0.1, 0.15) is 136 Å². The highest BCUT2D eigenvalue weighted by molar-refractivity contribution is 5.69. The van der Waals surface area contributed by atoms with Gasteiger partial charge in [0.15, 0.2) is 0 Å². The molecule has 1 atom stereocenters. The van der Waals surface area contributed by atoms with Gasteiger partial charge in [-0.1, -0.05) is 94.6 Å². The Hall–Kier alpha value is -2.10. The second-order valence-electron chi connectivity index (χ2n) is 9.55. The Morgan fingerprint density at radius 1 is 0.639 bits per heavy atom. The normalized spacial score (nSPS) is 12.9. The van der Waals surface area contributed by atoms with Gasteiger partial charge in [0.1, 0.15) is 6.10 Å². The molecule has 0 aromatic carbocycles. The minimum Gasteiger partial charge on any atom is -0.481 e. The van der Waals surface area contributed by atoms with Crippen molar-refractivity contribution in [1.82, 2.24) is 0 Å². The van der Waals surface area contributed by atoms with Crippen LogP contribution in [0.15, 0.2) is 48.6 Å². The van der Waals surface area contributed by atoms with E-state index in [9.17, 15) is 9.59 Å². The third kappa shape index (κ3) is 26.5. The Kier molecular flexibility index (Phi) is 25.9. The monoisotopic (exact) mass is 502 g/mol. The van der Waals surface area contributed by atoms with Gasteiger partial charge >= 0.3 is 11.9 Å². The largest absolute Gasteiger partial charge is 0.481 e. The van der Waals surface area contributed by atoms with Gasteiger partial charge in [-0.05, 0) is 77.0 Å². The van der Waals surface area contributed by atoms with Gasteiger partial charge in [0.25, 0.3) is 0 Å². The first-order valence-electron chi connectivity index (χ1n) is 14.6. The number of esters is 1. The lowest BCUT2D eigenvalue weighted by Gasteiger charge is -2.18. The van der Waals surface area contributed by atoms with E-state index in [0.29, 0.717) is 6.42 Å². The zero-order valence-electron chi connectivity index (χ0n) is 23.3. The Bertz CT molecular complexity index is 630. The number of carboxylic acid groups (broad SMARTS) is 1. The van der Waals surface area contributed by atoms with Crippen LogP contribution < -0.4 is 0 Å². The van der Waals surface area contributed by atoms with Gasteiger partial charge in [0.2, 0.25) is 0 Å². The van der Waals surface area contributed by atoms with Crippen LogP contribution in [0.4, 0.5) is 0 Å². The molecule has 0 saturated heterocycles. The minimum atomic E-state index is -0.712. The predicted molar refractivity (Wildman–Crippen MR) is 153 cm³/mol. The number of hydrogen-bond acceptors (Lipinski definition) is 3. The van der Waals surface area contributed by atoms with Crippen molar-refractivity contribution in [2.24, 2.45) is 0 Å². The number of carbonyl (C=O) groups excluding carboxylic acids is 1. The maximum absolute atomic E-state index is 12.3. The number of ether oxygens (including phenoxy) is 1. The molecule has 4 nitrogen and oxygen atoms in total. The first-order chi connectivity index (χ1) is 17.6. The first kappa shape index (κ1) is 33.9. The number of hydrogen-bond donors (Lipinski definition) is 1. The van der Waals surface area contributed by atoms with Crippen LogP contribution in [0.2, 0.25) is 0 Å². The summed E-state index contributed by atoms with van der Waals surface area (Å²) in [5, 5.41) is 8.70. The molecule has 0 aromatic heterocycles. The van der Waals surface area contributed by atoms with E-state index in [4.69, 9.17) is 9.84 Å². The molecule has 0 rings (SSSR count). The van der Waals surface area contributed by atoms with E-state index in [1.807, 2.05) is 0 Å². The molecular weight excluding hydrogens is 448 g/mol. The third-order valence-electron chi connectivity index (χ3n) is 6.07. The minimum absolute atomic E-state index is 0.0393. The quantitative estimate of drug-likeness (QED) is 0.0766. The standard InChI is InChI=1S/C32H54O4/c1-3-5-7-8-9-10-11-12-13-14-15-16-17-21-25-29-32(35)36-30(26-22-6-4-2)27-23-19-18-20-24-28-31(33)34/h5,7,9-10,12-13,15-16,30H,3-4,6,8,11,14,17-29H2,1-2H3,(H,33,34)/b7-5-,10-9-,13-12-,16-15-. The van der Waals surface area contributed by atoms with Gasteiger partial charge in [0.05, 0.1) is 0 Å². The maximum Gasteiger partial charge on any atom is 0.306 e. The topological polar surface area (TPSA) is 63.6 Å². The molecule has 0 heterocycles. The van der Waals surface area contributed by atoms with E-state index in [1.165, 1.54) is 12.8 Å². The third-order valence-corrected chi connectivity index (χ3v) is 6.07. The number of allylic oxidation sites excluding steroid dienone is 8. The molecule has 0 amide bonds. The summed E-state index contributed by atoms with van der Waals surface area (Å²) < 4.78 is 5.82. The molecular formula is C32H54O4. The predicted octanol–water partition coefficient (Wildman–Crippen LogP) is 9.66. The van der Waals surface area contributed by atoms with Crippen LogP contribution in [0.5, 0.6) is 0 Å². The Morgan fingerprint density at radius 2 is 1.17 bits per heavy atom. The molecule has 4 heteroatoms. The van der Waals surface area contributed by atoms with E-state index in [1.54, 1.807) is 0 Å². The van der Waals surface area contributed by atoms with Crippen LogP contribution in [0.3, 0.4) is 0 Å². The van der Waals surface area contributed by atoms with Crippen LogP contribution in [0, 0.1) is 0 Å². The van der Waals surface area contributed by atoms with Gasteiger partial charge in [-0.3, -0.25) is 9.59 Å². The van der Waals surface area contributed by atoms with Crippen molar-refractivity contribution in [2.45, 2.75) is 142 Å².